The maximum atomic E-state index is 12.1. The molecule has 0 spiro atoms. The number of halogens is 1. The first-order valence-electron chi connectivity index (χ1n) is 8.04. The van der Waals surface area contributed by atoms with E-state index in [1.165, 1.54) is 12.1 Å². The Morgan fingerprint density at radius 1 is 1.40 bits per heavy atom. The number of hydrogen-bond donors (Lipinski definition) is 2. The van der Waals surface area contributed by atoms with Crippen LogP contribution in [0.1, 0.15) is 41.4 Å². The molecular formula is C18H21ClN4O2. The van der Waals surface area contributed by atoms with Crippen LogP contribution in [0.15, 0.2) is 30.3 Å². The van der Waals surface area contributed by atoms with Crippen molar-refractivity contribution in [2.24, 2.45) is 5.73 Å². The second-order valence-corrected chi connectivity index (χ2v) is 5.99. The summed E-state index contributed by atoms with van der Waals surface area (Å²) in [4.78, 5) is 23.3. The number of nitrogens with zero attached hydrogens (tertiary/aromatic N) is 2. The quantitative estimate of drug-likeness (QED) is 0.741. The highest BCUT2D eigenvalue weighted by Crippen LogP contribution is 2.22. The number of rotatable bonds is 7. The molecule has 1 aromatic carbocycles. The van der Waals surface area contributed by atoms with Crippen molar-refractivity contribution in [1.29, 1.82) is 0 Å². The molecule has 0 unspecified atom stereocenters. The second kappa shape index (κ2) is 8.48. The van der Waals surface area contributed by atoms with Gasteiger partial charge in [0.15, 0.2) is 0 Å². The van der Waals surface area contributed by atoms with Crippen molar-refractivity contribution in [3.8, 4) is 0 Å². The highest BCUT2D eigenvalue weighted by Gasteiger charge is 2.11. The number of nitrogens with one attached hydrogen (secondary N) is 1. The first kappa shape index (κ1) is 18.7. The summed E-state index contributed by atoms with van der Waals surface area (Å²) in [7, 11) is 0. The first-order valence-corrected chi connectivity index (χ1v) is 8.42. The number of carbonyl (C=O) groups is 2. The highest BCUT2D eigenvalue weighted by molar-refractivity contribution is 6.31. The van der Waals surface area contributed by atoms with Gasteiger partial charge in [-0.25, -0.2) is 0 Å². The fourth-order valence-electron chi connectivity index (χ4n) is 2.31. The average Bonchev–Trinajstić information content (AvgIpc) is 2.85. The molecule has 0 aliphatic heterocycles. The Hall–Kier alpha value is -2.60. The van der Waals surface area contributed by atoms with E-state index in [-0.39, 0.29) is 5.91 Å². The zero-order chi connectivity index (χ0) is 18.4. The summed E-state index contributed by atoms with van der Waals surface area (Å²) < 4.78 is 1.74. The topological polar surface area (TPSA) is 90.0 Å². The standard InChI is InChI=1S/C18H21ClN4O2/c1-3-4-10-23-17(19)15(12(2)22-23)8-9-16(24)21-14-7-5-6-13(11-14)18(20)25/h5-9,11H,3-4,10H2,1-2H3,(H2,20,25)(H,21,24)/b9-8+. The SMILES string of the molecule is CCCCn1nc(C)c(/C=C/C(=O)Nc2cccc(C(N)=O)c2)c1Cl. The lowest BCUT2D eigenvalue weighted by molar-refractivity contribution is -0.111. The molecule has 1 aromatic heterocycles. The molecule has 132 valence electrons. The summed E-state index contributed by atoms with van der Waals surface area (Å²) in [5.41, 5.74) is 7.54. The van der Waals surface area contributed by atoms with Gasteiger partial charge in [-0.2, -0.15) is 5.10 Å². The van der Waals surface area contributed by atoms with Crippen LogP contribution < -0.4 is 11.1 Å². The number of aromatic nitrogens is 2. The van der Waals surface area contributed by atoms with Crippen molar-refractivity contribution in [1.82, 2.24) is 9.78 Å². The van der Waals surface area contributed by atoms with Crippen molar-refractivity contribution in [2.75, 3.05) is 5.32 Å². The largest absolute Gasteiger partial charge is 0.366 e. The Bertz CT molecular complexity index is 811. The minimum atomic E-state index is -0.548. The van der Waals surface area contributed by atoms with E-state index >= 15 is 0 Å². The van der Waals surface area contributed by atoms with Gasteiger partial charge in [-0.1, -0.05) is 31.0 Å². The predicted molar refractivity (Wildman–Crippen MR) is 99.5 cm³/mol. The van der Waals surface area contributed by atoms with Gasteiger partial charge in [0.05, 0.1) is 5.69 Å². The van der Waals surface area contributed by atoms with Crippen LogP contribution in [0.25, 0.3) is 6.08 Å². The molecule has 0 saturated carbocycles. The molecule has 7 heteroatoms. The summed E-state index contributed by atoms with van der Waals surface area (Å²) >= 11 is 6.33. The summed E-state index contributed by atoms with van der Waals surface area (Å²) in [6, 6.07) is 6.44. The Kier molecular flexibility index (Phi) is 6.36. The van der Waals surface area contributed by atoms with E-state index in [0.717, 1.165) is 30.6 Å². The molecule has 0 aliphatic carbocycles. The summed E-state index contributed by atoms with van der Waals surface area (Å²) in [5, 5.41) is 7.59. The van der Waals surface area contributed by atoms with Crippen LogP contribution in [0.5, 0.6) is 0 Å². The fourth-order valence-corrected chi connectivity index (χ4v) is 2.63. The minimum Gasteiger partial charge on any atom is -0.366 e. The number of anilines is 1. The van der Waals surface area contributed by atoms with Crippen molar-refractivity contribution in [2.45, 2.75) is 33.2 Å². The van der Waals surface area contributed by atoms with Gasteiger partial charge in [0, 0.05) is 29.4 Å². The van der Waals surface area contributed by atoms with Crippen molar-refractivity contribution < 1.29 is 9.59 Å². The normalized spacial score (nSPS) is 11.0. The zero-order valence-electron chi connectivity index (χ0n) is 14.3. The Morgan fingerprint density at radius 3 is 2.84 bits per heavy atom. The van der Waals surface area contributed by atoms with Crippen LogP contribution in [-0.2, 0) is 11.3 Å². The van der Waals surface area contributed by atoms with Crippen molar-refractivity contribution >= 4 is 35.2 Å². The lowest BCUT2D eigenvalue weighted by Gasteiger charge is -2.03. The second-order valence-electron chi connectivity index (χ2n) is 5.63. The van der Waals surface area contributed by atoms with E-state index in [2.05, 4.69) is 17.3 Å². The van der Waals surface area contributed by atoms with Gasteiger partial charge < -0.3 is 11.1 Å². The maximum Gasteiger partial charge on any atom is 0.248 e. The summed E-state index contributed by atoms with van der Waals surface area (Å²) in [5.74, 6) is -0.882. The van der Waals surface area contributed by atoms with Crippen LogP contribution in [0, 0.1) is 6.92 Å². The molecule has 0 saturated heterocycles. The molecule has 0 atom stereocenters. The number of primary amides is 1. The third kappa shape index (κ3) is 4.93. The Labute approximate surface area is 151 Å². The van der Waals surface area contributed by atoms with Gasteiger partial charge in [-0.15, -0.1) is 0 Å². The van der Waals surface area contributed by atoms with Gasteiger partial charge in [0.25, 0.3) is 0 Å². The number of hydrogen-bond acceptors (Lipinski definition) is 3. The van der Waals surface area contributed by atoms with Gasteiger partial charge >= 0.3 is 0 Å². The number of aryl methyl sites for hydroxylation is 2. The molecule has 25 heavy (non-hydrogen) atoms. The maximum absolute atomic E-state index is 12.1. The van der Waals surface area contributed by atoms with Gasteiger partial charge in [-0.3, -0.25) is 14.3 Å². The number of benzene rings is 1. The molecule has 2 rings (SSSR count). The number of nitrogens with two attached hydrogens (primary N) is 1. The summed E-state index contributed by atoms with van der Waals surface area (Å²) in [6.45, 7) is 4.70. The number of unbranched alkanes of at least 4 members (excludes halogenated alkanes) is 1. The first-order chi connectivity index (χ1) is 11.9. The van der Waals surface area contributed by atoms with E-state index in [0.29, 0.717) is 16.4 Å². The predicted octanol–water partition coefficient (Wildman–Crippen LogP) is 3.40. The molecule has 0 radical (unpaired) electrons. The molecule has 3 N–H and O–H groups in total. The van der Waals surface area contributed by atoms with Gasteiger partial charge in [0.2, 0.25) is 11.8 Å². The molecule has 2 amide bonds. The van der Waals surface area contributed by atoms with Crippen LogP contribution in [0.2, 0.25) is 5.15 Å². The molecule has 0 fully saturated rings. The Balaban J connectivity index is 2.09. The lowest BCUT2D eigenvalue weighted by atomic mass is 10.2. The molecular weight excluding hydrogens is 340 g/mol. The smallest absolute Gasteiger partial charge is 0.248 e. The minimum absolute atomic E-state index is 0.331. The fraction of sp³-hybridized carbons (Fsp3) is 0.278. The van der Waals surface area contributed by atoms with E-state index in [4.69, 9.17) is 17.3 Å². The molecule has 6 nitrogen and oxygen atoms in total. The van der Waals surface area contributed by atoms with Crippen LogP contribution in [0.4, 0.5) is 5.69 Å². The van der Waals surface area contributed by atoms with Crippen LogP contribution in [0.3, 0.4) is 0 Å². The van der Waals surface area contributed by atoms with Gasteiger partial charge in [0.1, 0.15) is 5.15 Å². The molecule has 0 aliphatic rings. The molecule has 1 heterocycles. The molecule has 0 bridgehead atoms. The number of amides is 2. The average molecular weight is 361 g/mol. The van der Waals surface area contributed by atoms with E-state index in [9.17, 15) is 9.59 Å². The third-order valence-corrected chi connectivity index (χ3v) is 4.05. The molecule has 2 aromatic rings. The zero-order valence-corrected chi connectivity index (χ0v) is 15.0. The van der Waals surface area contributed by atoms with Crippen LogP contribution in [-0.4, -0.2) is 21.6 Å². The van der Waals surface area contributed by atoms with Crippen LogP contribution >= 0.6 is 11.6 Å². The van der Waals surface area contributed by atoms with E-state index < -0.39 is 5.91 Å². The summed E-state index contributed by atoms with van der Waals surface area (Å²) in [6.07, 6.45) is 5.06. The highest BCUT2D eigenvalue weighted by atomic mass is 35.5. The van der Waals surface area contributed by atoms with Crippen molar-refractivity contribution in [3.63, 3.8) is 0 Å². The van der Waals surface area contributed by atoms with Gasteiger partial charge in [-0.05, 0) is 37.6 Å². The Morgan fingerprint density at radius 2 is 2.16 bits per heavy atom. The van der Waals surface area contributed by atoms with E-state index in [1.54, 1.807) is 29.0 Å². The lowest BCUT2D eigenvalue weighted by Crippen LogP contribution is -2.12. The third-order valence-electron chi connectivity index (χ3n) is 3.65. The number of carbonyl (C=O) groups excluding carboxylic acids is 2. The van der Waals surface area contributed by atoms with E-state index in [1.807, 2.05) is 6.92 Å². The monoisotopic (exact) mass is 360 g/mol. The van der Waals surface area contributed by atoms with Crippen molar-refractivity contribution in [3.05, 3.63) is 52.3 Å².